The molecule has 2 aromatic heterocycles. The van der Waals surface area contributed by atoms with Gasteiger partial charge in [0.05, 0.1) is 36.7 Å². The predicted octanol–water partition coefficient (Wildman–Crippen LogP) is 4.13. The van der Waals surface area contributed by atoms with Crippen molar-refractivity contribution < 1.29 is 27.5 Å². The van der Waals surface area contributed by atoms with Crippen LogP contribution in [0.3, 0.4) is 0 Å². The lowest BCUT2D eigenvalue weighted by molar-refractivity contribution is -0.137. The van der Waals surface area contributed by atoms with Gasteiger partial charge in [0.1, 0.15) is 5.75 Å². The molecule has 1 aromatic carbocycles. The Labute approximate surface area is 194 Å². The van der Waals surface area contributed by atoms with Gasteiger partial charge in [0.25, 0.3) is 5.91 Å². The van der Waals surface area contributed by atoms with Gasteiger partial charge < -0.3 is 15.0 Å². The topological polar surface area (TPSA) is 89.4 Å². The van der Waals surface area contributed by atoms with Crippen LogP contribution in [0.25, 0.3) is 5.82 Å². The third kappa shape index (κ3) is 5.53. The number of carbonyl (C=O) groups excluding carboxylic acids is 2. The van der Waals surface area contributed by atoms with Crippen molar-refractivity contribution in [3.05, 3.63) is 65.6 Å². The van der Waals surface area contributed by atoms with E-state index >= 15 is 0 Å². The van der Waals surface area contributed by atoms with Crippen LogP contribution in [-0.4, -0.2) is 52.2 Å². The van der Waals surface area contributed by atoms with Gasteiger partial charge in [-0.25, -0.2) is 9.67 Å². The van der Waals surface area contributed by atoms with Crippen molar-refractivity contribution in [2.45, 2.75) is 25.9 Å². The molecule has 0 saturated carbocycles. The molecule has 0 radical (unpaired) electrons. The number of hydrogen-bond acceptors (Lipinski definition) is 5. The number of nitrogens with one attached hydrogen (secondary N) is 1. The summed E-state index contributed by atoms with van der Waals surface area (Å²) in [7, 11) is 3.02. The summed E-state index contributed by atoms with van der Waals surface area (Å²) in [6.45, 7) is 3.43. The molecule has 0 saturated heterocycles. The molecular formula is C23H24F3N5O3. The zero-order valence-electron chi connectivity index (χ0n) is 19.1. The van der Waals surface area contributed by atoms with E-state index in [-0.39, 0.29) is 23.8 Å². The van der Waals surface area contributed by atoms with Gasteiger partial charge in [-0.2, -0.15) is 18.3 Å². The van der Waals surface area contributed by atoms with Crippen LogP contribution < -0.4 is 10.1 Å². The van der Waals surface area contributed by atoms with Crippen molar-refractivity contribution in [2.24, 2.45) is 0 Å². The highest BCUT2D eigenvalue weighted by Crippen LogP contribution is 2.29. The van der Waals surface area contributed by atoms with E-state index in [1.807, 2.05) is 13.8 Å². The Bertz CT molecular complexity index is 1160. The van der Waals surface area contributed by atoms with Crippen molar-refractivity contribution in [3.63, 3.8) is 0 Å². The van der Waals surface area contributed by atoms with Crippen molar-refractivity contribution >= 4 is 17.5 Å². The van der Waals surface area contributed by atoms with Crippen LogP contribution in [0.5, 0.6) is 5.75 Å². The minimum Gasteiger partial charge on any atom is -0.497 e. The quantitative estimate of drug-likeness (QED) is 0.555. The molecule has 0 fully saturated rings. The fourth-order valence-electron chi connectivity index (χ4n) is 3.31. The lowest BCUT2D eigenvalue weighted by atomic mass is 10.0. The third-order valence-electron chi connectivity index (χ3n) is 4.98. The number of rotatable bonds is 7. The smallest absolute Gasteiger partial charge is 0.417 e. The Morgan fingerprint density at radius 1 is 1.12 bits per heavy atom. The van der Waals surface area contributed by atoms with Crippen LogP contribution in [0, 0.1) is 0 Å². The number of aromatic nitrogens is 3. The number of pyridine rings is 1. The molecule has 0 aliphatic heterocycles. The van der Waals surface area contributed by atoms with Crippen LogP contribution in [-0.2, 0) is 11.0 Å². The predicted molar refractivity (Wildman–Crippen MR) is 119 cm³/mol. The number of halogens is 3. The Morgan fingerprint density at radius 3 is 2.32 bits per heavy atom. The van der Waals surface area contributed by atoms with E-state index in [0.717, 1.165) is 12.3 Å². The molecule has 0 spiro atoms. The zero-order valence-corrected chi connectivity index (χ0v) is 19.1. The van der Waals surface area contributed by atoms with Crippen LogP contribution in [0.2, 0.25) is 0 Å². The van der Waals surface area contributed by atoms with Crippen LogP contribution >= 0.6 is 0 Å². The summed E-state index contributed by atoms with van der Waals surface area (Å²) in [6.07, 6.45) is -2.46. The van der Waals surface area contributed by atoms with E-state index in [4.69, 9.17) is 4.74 Å². The molecule has 34 heavy (non-hydrogen) atoms. The lowest BCUT2D eigenvalue weighted by Gasteiger charge is -2.18. The number of nitrogens with zero attached hydrogens (tertiary/aromatic N) is 4. The number of benzene rings is 1. The summed E-state index contributed by atoms with van der Waals surface area (Å²) in [4.78, 5) is 30.6. The van der Waals surface area contributed by atoms with Crippen molar-refractivity contribution in [3.8, 4) is 11.6 Å². The summed E-state index contributed by atoms with van der Waals surface area (Å²) in [6, 6.07) is 8.85. The first kappa shape index (κ1) is 24.7. The maximum absolute atomic E-state index is 13.1. The third-order valence-corrected chi connectivity index (χ3v) is 4.98. The van der Waals surface area contributed by atoms with Gasteiger partial charge >= 0.3 is 6.18 Å². The highest BCUT2D eigenvalue weighted by molar-refractivity contribution is 5.99. The molecule has 0 unspecified atom stereocenters. The lowest BCUT2D eigenvalue weighted by Crippen LogP contribution is -2.35. The second-order valence-electron chi connectivity index (χ2n) is 7.85. The van der Waals surface area contributed by atoms with Gasteiger partial charge in [-0.1, -0.05) is 13.8 Å². The molecular weight excluding hydrogens is 451 g/mol. The number of likely N-dealkylation sites (N-methyl/N-ethyl adjacent to an activating group) is 1. The monoisotopic (exact) mass is 475 g/mol. The van der Waals surface area contributed by atoms with Gasteiger partial charge in [0.2, 0.25) is 5.91 Å². The fourth-order valence-corrected chi connectivity index (χ4v) is 3.31. The normalized spacial score (nSPS) is 11.4. The van der Waals surface area contributed by atoms with Crippen LogP contribution in [0.4, 0.5) is 18.9 Å². The first-order chi connectivity index (χ1) is 16.0. The average molecular weight is 475 g/mol. The van der Waals surface area contributed by atoms with Crippen molar-refractivity contribution in [2.75, 3.05) is 26.0 Å². The maximum atomic E-state index is 13.1. The number of carbonyl (C=O) groups is 2. The Balaban J connectivity index is 1.77. The summed E-state index contributed by atoms with van der Waals surface area (Å²) in [5, 5.41) is 6.88. The molecule has 1 N–H and O–H groups in total. The summed E-state index contributed by atoms with van der Waals surface area (Å²) >= 11 is 0. The number of alkyl halides is 3. The van der Waals surface area contributed by atoms with Crippen molar-refractivity contribution in [1.82, 2.24) is 19.7 Å². The number of hydrogen-bond donors (Lipinski definition) is 1. The largest absolute Gasteiger partial charge is 0.497 e. The Morgan fingerprint density at radius 2 is 1.79 bits per heavy atom. The van der Waals surface area contributed by atoms with E-state index < -0.39 is 23.6 Å². The molecule has 0 aliphatic rings. The number of methoxy groups -OCH3 is 1. The zero-order chi connectivity index (χ0) is 25.0. The van der Waals surface area contributed by atoms with Gasteiger partial charge in [-0.3, -0.25) is 9.59 Å². The number of amides is 2. The van der Waals surface area contributed by atoms with Gasteiger partial charge in [0, 0.05) is 18.9 Å². The standard InChI is InChI=1S/C23H24F3N5O3/c1-14(2)21-18(12-28-31(21)19-10-5-15(11-27-19)23(24,25)26)22(33)30(3)13-20(32)29-16-6-8-17(34-4)9-7-16/h5-12,14H,13H2,1-4H3,(H,29,32). The Hall–Kier alpha value is -3.89. The second-order valence-corrected chi connectivity index (χ2v) is 7.85. The van der Waals surface area contributed by atoms with Crippen molar-refractivity contribution in [1.29, 1.82) is 0 Å². The van der Waals surface area contributed by atoms with E-state index in [1.165, 1.54) is 36.0 Å². The minimum absolute atomic E-state index is 0.149. The van der Waals surface area contributed by atoms with Gasteiger partial charge in [0.15, 0.2) is 5.82 Å². The average Bonchev–Trinajstić information content (AvgIpc) is 3.24. The molecule has 0 atom stereocenters. The molecule has 2 amide bonds. The van der Waals surface area contributed by atoms with Crippen LogP contribution in [0.1, 0.15) is 41.4 Å². The second kappa shape index (κ2) is 9.94. The first-order valence-corrected chi connectivity index (χ1v) is 10.3. The molecule has 0 aliphatic carbocycles. The first-order valence-electron chi connectivity index (χ1n) is 10.3. The molecule has 3 aromatic rings. The Kier molecular flexibility index (Phi) is 7.23. The number of anilines is 1. The molecule has 8 nitrogen and oxygen atoms in total. The van der Waals surface area contributed by atoms with E-state index in [0.29, 0.717) is 17.1 Å². The van der Waals surface area contributed by atoms with Gasteiger partial charge in [-0.05, 0) is 42.3 Å². The minimum atomic E-state index is -4.51. The SMILES string of the molecule is COc1ccc(NC(=O)CN(C)C(=O)c2cnn(-c3ccc(C(F)(F)F)cn3)c2C(C)C)cc1. The van der Waals surface area contributed by atoms with Crippen LogP contribution in [0.15, 0.2) is 48.8 Å². The highest BCUT2D eigenvalue weighted by atomic mass is 19.4. The van der Waals surface area contributed by atoms with E-state index in [9.17, 15) is 22.8 Å². The fraction of sp³-hybridized carbons (Fsp3) is 0.304. The summed E-state index contributed by atoms with van der Waals surface area (Å²) < 4.78 is 45.0. The molecule has 180 valence electrons. The highest BCUT2D eigenvalue weighted by Gasteiger charge is 2.31. The molecule has 2 heterocycles. The number of ether oxygens (including phenoxy) is 1. The van der Waals surface area contributed by atoms with Gasteiger partial charge in [-0.15, -0.1) is 0 Å². The van der Waals surface area contributed by atoms with E-state index in [2.05, 4.69) is 15.4 Å². The molecule has 11 heteroatoms. The molecule has 0 bridgehead atoms. The summed E-state index contributed by atoms with van der Waals surface area (Å²) in [5.74, 6) is -0.260. The maximum Gasteiger partial charge on any atom is 0.417 e. The summed E-state index contributed by atoms with van der Waals surface area (Å²) in [5.41, 5.74) is 0.375. The molecule has 3 rings (SSSR count). The van der Waals surface area contributed by atoms with E-state index in [1.54, 1.807) is 24.3 Å².